The second-order valence-electron chi connectivity index (χ2n) is 6.45. The molecule has 0 amide bonds. The molecule has 1 aliphatic heterocycles. The standard InChI is InChI=1S/C21H19NO3S/c1-15-7-9-16(10-8-15)21(17-11-13-18(25-2)14-12-17)19-5-3-4-6-20(19)26(23,24)22-21/h3-14,22H,1-2H3/t21-/m1/s1. The van der Waals surface area contributed by atoms with Crippen LogP contribution in [-0.4, -0.2) is 15.5 Å². The van der Waals surface area contributed by atoms with Crippen molar-refractivity contribution in [3.8, 4) is 5.75 Å². The molecule has 0 radical (unpaired) electrons. The maximum Gasteiger partial charge on any atom is 0.242 e. The van der Waals surface area contributed by atoms with E-state index in [0.29, 0.717) is 4.90 Å². The molecule has 0 unspecified atom stereocenters. The van der Waals surface area contributed by atoms with Crippen molar-refractivity contribution in [1.29, 1.82) is 0 Å². The van der Waals surface area contributed by atoms with Crippen molar-refractivity contribution in [3.05, 3.63) is 95.1 Å². The van der Waals surface area contributed by atoms with Gasteiger partial charge in [-0.2, -0.15) is 4.72 Å². The molecule has 1 N–H and O–H groups in total. The summed E-state index contributed by atoms with van der Waals surface area (Å²) in [6, 6.07) is 22.6. The Labute approximate surface area is 153 Å². The number of rotatable bonds is 3. The van der Waals surface area contributed by atoms with Crippen LogP contribution >= 0.6 is 0 Å². The van der Waals surface area contributed by atoms with E-state index in [-0.39, 0.29) is 0 Å². The Morgan fingerprint density at radius 2 is 1.42 bits per heavy atom. The number of hydrogen-bond acceptors (Lipinski definition) is 3. The Bertz CT molecular complexity index is 1060. The van der Waals surface area contributed by atoms with Crippen molar-refractivity contribution < 1.29 is 13.2 Å². The summed E-state index contributed by atoms with van der Waals surface area (Å²) in [5.74, 6) is 0.724. The molecule has 1 heterocycles. The van der Waals surface area contributed by atoms with Gasteiger partial charge >= 0.3 is 0 Å². The molecule has 0 fully saturated rings. The fraction of sp³-hybridized carbons (Fsp3) is 0.143. The van der Waals surface area contributed by atoms with E-state index in [9.17, 15) is 8.42 Å². The summed E-state index contributed by atoms with van der Waals surface area (Å²) in [5, 5.41) is 0. The predicted octanol–water partition coefficient (Wildman–Crippen LogP) is 3.59. The fourth-order valence-electron chi connectivity index (χ4n) is 3.56. The normalized spacial score (nSPS) is 20.5. The summed E-state index contributed by atoms with van der Waals surface area (Å²) < 4.78 is 33.9. The number of ether oxygens (including phenoxy) is 1. The Morgan fingerprint density at radius 1 is 0.846 bits per heavy atom. The van der Waals surface area contributed by atoms with E-state index in [0.717, 1.165) is 28.0 Å². The van der Waals surface area contributed by atoms with Gasteiger partial charge in [0, 0.05) is 5.56 Å². The molecular weight excluding hydrogens is 346 g/mol. The van der Waals surface area contributed by atoms with Crippen LogP contribution in [0.4, 0.5) is 0 Å². The number of benzene rings is 3. The molecule has 5 heteroatoms. The molecule has 3 aromatic carbocycles. The van der Waals surface area contributed by atoms with Crippen molar-refractivity contribution in [2.45, 2.75) is 17.4 Å². The zero-order valence-corrected chi connectivity index (χ0v) is 15.4. The second kappa shape index (κ2) is 5.97. The molecule has 3 aromatic rings. The Kier molecular flexibility index (Phi) is 3.86. The van der Waals surface area contributed by atoms with Gasteiger partial charge in [0.1, 0.15) is 11.3 Å². The third-order valence-corrected chi connectivity index (χ3v) is 6.39. The Balaban J connectivity index is 2.04. The van der Waals surface area contributed by atoms with Gasteiger partial charge in [-0.25, -0.2) is 8.42 Å². The predicted molar refractivity (Wildman–Crippen MR) is 101 cm³/mol. The van der Waals surface area contributed by atoms with Crippen LogP contribution in [0.5, 0.6) is 5.75 Å². The third kappa shape index (κ3) is 2.43. The highest BCUT2D eigenvalue weighted by atomic mass is 32.2. The fourth-order valence-corrected chi connectivity index (χ4v) is 5.19. The van der Waals surface area contributed by atoms with Gasteiger partial charge in [-0.1, -0.05) is 60.2 Å². The Morgan fingerprint density at radius 3 is 2.04 bits per heavy atom. The minimum absolute atomic E-state index is 0.316. The molecule has 0 spiro atoms. The summed E-state index contributed by atoms with van der Waals surface area (Å²) in [5.41, 5.74) is 2.61. The summed E-state index contributed by atoms with van der Waals surface area (Å²) in [6.07, 6.45) is 0. The summed E-state index contributed by atoms with van der Waals surface area (Å²) in [4.78, 5) is 0.316. The van der Waals surface area contributed by atoms with E-state index in [1.807, 2.05) is 67.6 Å². The topological polar surface area (TPSA) is 55.4 Å². The summed E-state index contributed by atoms with van der Waals surface area (Å²) in [7, 11) is -2.01. The van der Waals surface area contributed by atoms with Crippen LogP contribution in [0.25, 0.3) is 0 Å². The van der Waals surface area contributed by atoms with E-state index >= 15 is 0 Å². The van der Waals surface area contributed by atoms with Crippen molar-refractivity contribution >= 4 is 10.0 Å². The number of sulfonamides is 1. The van der Waals surface area contributed by atoms with E-state index in [1.165, 1.54) is 0 Å². The van der Waals surface area contributed by atoms with Gasteiger partial charge in [0.15, 0.2) is 0 Å². The van der Waals surface area contributed by atoms with E-state index in [1.54, 1.807) is 19.2 Å². The molecule has 0 aromatic heterocycles. The first-order chi connectivity index (χ1) is 12.5. The first-order valence-corrected chi connectivity index (χ1v) is 9.81. The molecule has 132 valence electrons. The molecule has 1 aliphatic rings. The van der Waals surface area contributed by atoms with Crippen LogP contribution in [0.1, 0.15) is 22.3 Å². The van der Waals surface area contributed by atoms with Gasteiger partial charge in [0.25, 0.3) is 0 Å². The second-order valence-corrected chi connectivity index (χ2v) is 8.10. The largest absolute Gasteiger partial charge is 0.497 e. The molecule has 4 rings (SSSR count). The summed E-state index contributed by atoms with van der Waals surface area (Å²) in [6.45, 7) is 2.01. The van der Waals surface area contributed by atoms with Gasteiger partial charge in [-0.15, -0.1) is 0 Å². The van der Waals surface area contributed by atoms with Crippen LogP contribution in [0.3, 0.4) is 0 Å². The van der Waals surface area contributed by atoms with E-state index in [2.05, 4.69) is 4.72 Å². The number of nitrogens with one attached hydrogen (secondary N) is 1. The summed E-state index contributed by atoms with van der Waals surface area (Å²) >= 11 is 0. The molecular formula is C21H19NO3S. The Hall–Kier alpha value is -2.63. The van der Waals surface area contributed by atoms with Crippen LogP contribution in [0.2, 0.25) is 0 Å². The zero-order valence-electron chi connectivity index (χ0n) is 14.6. The van der Waals surface area contributed by atoms with Crippen LogP contribution in [-0.2, 0) is 15.6 Å². The maximum atomic E-state index is 12.9. The molecule has 0 saturated heterocycles. The van der Waals surface area contributed by atoms with Gasteiger partial charge in [-0.3, -0.25) is 0 Å². The minimum atomic E-state index is -3.62. The lowest BCUT2D eigenvalue weighted by Crippen LogP contribution is -2.41. The van der Waals surface area contributed by atoms with Crippen molar-refractivity contribution in [2.24, 2.45) is 0 Å². The number of hydrogen-bond donors (Lipinski definition) is 1. The number of fused-ring (bicyclic) bond motifs is 1. The molecule has 0 saturated carbocycles. The van der Waals surface area contributed by atoms with Crippen LogP contribution in [0, 0.1) is 6.92 Å². The highest BCUT2D eigenvalue weighted by Gasteiger charge is 2.48. The maximum absolute atomic E-state index is 12.9. The SMILES string of the molecule is COc1ccc([C@@]2(c3ccc(C)cc3)NS(=O)(=O)c3ccccc32)cc1. The monoisotopic (exact) mass is 365 g/mol. The average Bonchev–Trinajstić information content (AvgIpc) is 2.91. The minimum Gasteiger partial charge on any atom is -0.497 e. The lowest BCUT2D eigenvalue weighted by atomic mass is 9.78. The molecule has 1 atom stereocenters. The number of methoxy groups -OCH3 is 1. The molecule has 0 aliphatic carbocycles. The van der Waals surface area contributed by atoms with Gasteiger partial charge in [0.05, 0.1) is 12.0 Å². The highest BCUT2D eigenvalue weighted by molar-refractivity contribution is 7.90. The third-order valence-electron chi connectivity index (χ3n) is 4.88. The van der Waals surface area contributed by atoms with Crippen LogP contribution in [0.15, 0.2) is 77.7 Å². The quantitative estimate of drug-likeness (QED) is 0.772. The molecule has 4 nitrogen and oxygen atoms in total. The van der Waals surface area contributed by atoms with Crippen molar-refractivity contribution in [2.75, 3.05) is 7.11 Å². The van der Waals surface area contributed by atoms with E-state index < -0.39 is 15.6 Å². The smallest absolute Gasteiger partial charge is 0.242 e. The zero-order chi connectivity index (χ0) is 18.4. The van der Waals surface area contributed by atoms with Gasteiger partial charge in [-0.05, 0) is 36.2 Å². The highest BCUT2D eigenvalue weighted by Crippen LogP contribution is 2.45. The van der Waals surface area contributed by atoms with Crippen molar-refractivity contribution in [1.82, 2.24) is 4.72 Å². The van der Waals surface area contributed by atoms with E-state index in [4.69, 9.17) is 4.74 Å². The molecule has 26 heavy (non-hydrogen) atoms. The number of aryl methyl sites for hydroxylation is 1. The molecule has 0 bridgehead atoms. The average molecular weight is 365 g/mol. The van der Waals surface area contributed by atoms with Crippen molar-refractivity contribution in [3.63, 3.8) is 0 Å². The van der Waals surface area contributed by atoms with Gasteiger partial charge in [0.2, 0.25) is 10.0 Å². The first-order valence-electron chi connectivity index (χ1n) is 8.32. The lowest BCUT2D eigenvalue weighted by Gasteiger charge is -2.31. The lowest BCUT2D eigenvalue weighted by molar-refractivity contribution is 0.414. The van der Waals surface area contributed by atoms with Crippen LogP contribution < -0.4 is 9.46 Å². The first kappa shape index (κ1) is 16.8. The van der Waals surface area contributed by atoms with Gasteiger partial charge < -0.3 is 4.74 Å².